The van der Waals surface area contributed by atoms with Crippen LogP contribution in [0.3, 0.4) is 0 Å². The lowest BCUT2D eigenvalue weighted by Gasteiger charge is -2.26. The largest absolute Gasteiger partial charge is 0.335 e. The van der Waals surface area contributed by atoms with Crippen LogP contribution in [0.5, 0.6) is 0 Å². The number of carbonyl (C=O) groups is 1. The molecule has 0 aliphatic carbocycles. The molecule has 2 N–H and O–H groups in total. The van der Waals surface area contributed by atoms with Crippen LogP contribution < -0.4 is 5.32 Å². The maximum atomic E-state index is 12.5. The Morgan fingerprint density at radius 3 is 2.89 bits per heavy atom. The Hall–Kier alpha value is -1.36. The van der Waals surface area contributed by atoms with Gasteiger partial charge in [0.15, 0.2) is 0 Å². The molecule has 1 amide bonds. The molecule has 1 aromatic heterocycles. The van der Waals surface area contributed by atoms with Gasteiger partial charge in [-0.05, 0) is 38.3 Å². The first kappa shape index (κ1) is 14.1. The van der Waals surface area contributed by atoms with Gasteiger partial charge in [-0.15, -0.1) is 0 Å². The van der Waals surface area contributed by atoms with Gasteiger partial charge in [-0.25, -0.2) is 0 Å². The zero-order chi connectivity index (χ0) is 13.8. The smallest absolute Gasteiger partial charge is 0.274 e. The van der Waals surface area contributed by atoms with Gasteiger partial charge < -0.3 is 10.2 Å². The minimum absolute atomic E-state index is 0.0340. The highest BCUT2D eigenvalue weighted by Crippen LogP contribution is 2.12. The fourth-order valence-electron chi connectivity index (χ4n) is 2.55. The van der Waals surface area contributed by atoms with Crippen molar-refractivity contribution in [2.24, 2.45) is 5.92 Å². The van der Waals surface area contributed by atoms with Gasteiger partial charge in [0.1, 0.15) is 5.69 Å². The molecule has 1 fully saturated rings. The topological polar surface area (TPSA) is 61.0 Å². The summed E-state index contributed by atoms with van der Waals surface area (Å²) < 4.78 is 0. The van der Waals surface area contributed by atoms with Gasteiger partial charge in [0.05, 0.1) is 0 Å². The number of rotatable bonds is 5. The van der Waals surface area contributed by atoms with E-state index in [2.05, 4.69) is 29.4 Å². The molecule has 1 aliphatic rings. The van der Waals surface area contributed by atoms with Gasteiger partial charge in [-0.1, -0.05) is 13.8 Å². The zero-order valence-corrected chi connectivity index (χ0v) is 12.1. The van der Waals surface area contributed by atoms with Crippen LogP contribution in [0.15, 0.2) is 6.07 Å². The van der Waals surface area contributed by atoms with Crippen molar-refractivity contribution in [2.45, 2.75) is 39.7 Å². The average Bonchev–Trinajstić information content (AvgIpc) is 2.98. The normalized spacial score (nSPS) is 19.1. The van der Waals surface area contributed by atoms with Crippen molar-refractivity contribution in [3.05, 3.63) is 17.5 Å². The molecule has 2 heterocycles. The number of nitrogens with zero attached hydrogens (tertiary/aromatic N) is 2. The van der Waals surface area contributed by atoms with Crippen LogP contribution in [-0.2, 0) is 0 Å². The van der Waals surface area contributed by atoms with Gasteiger partial charge in [0.2, 0.25) is 0 Å². The highest BCUT2D eigenvalue weighted by Gasteiger charge is 2.24. The monoisotopic (exact) mass is 264 g/mol. The molecule has 5 nitrogen and oxygen atoms in total. The Labute approximate surface area is 114 Å². The Balaban J connectivity index is 2.05. The number of carbonyl (C=O) groups excluding carboxylic acids is 1. The summed E-state index contributed by atoms with van der Waals surface area (Å²) >= 11 is 0. The van der Waals surface area contributed by atoms with E-state index in [9.17, 15) is 4.79 Å². The third-order valence-electron chi connectivity index (χ3n) is 3.40. The molecule has 1 aromatic rings. The molecule has 0 spiro atoms. The van der Waals surface area contributed by atoms with Crippen LogP contribution in [0, 0.1) is 12.8 Å². The lowest BCUT2D eigenvalue weighted by Crippen LogP contribution is -2.43. The molecule has 1 atom stereocenters. The summed E-state index contributed by atoms with van der Waals surface area (Å²) in [5, 5.41) is 10.4. The first-order valence-corrected chi connectivity index (χ1v) is 7.11. The van der Waals surface area contributed by atoms with E-state index in [0.29, 0.717) is 17.7 Å². The van der Waals surface area contributed by atoms with Crippen LogP contribution in [0.25, 0.3) is 0 Å². The number of aryl methyl sites for hydroxylation is 1. The van der Waals surface area contributed by atoms with Gasteiger partial charge >= 0.3 is 0 Å². The Bertz CT molecular complexity index is 421. The number of aromatic amines is 1. The summed E-state index contributed by atoms with van der Waals surface area (Å²) in [7, 11) is 0. The Morgan fingerprint density at radius 2 is 2.37 bits per heavy atom. The van der Waals surface area contributed by atoms with Crippen molar-refractivity contribution < 1.29 is 4.79 Å². The van der Waals surface area contributed by atoms with Crippen LogP contribution >= 0.6 is 0 Å². The van der Waals surface area contributed by atoms with E-state index in [-0.39, 0.29) is 5.91 Å². The fraction of sp³-hybridized carbons (Fsp3) is 0.714. The van der Waals surface area contributed by atoms with Crippen LogP contribution in [0.4, 0.5) is 0 Å². The molecule has 106 valence electrons. The van der Waals surface area contributed by atoms with E-state index in [1.165, 1.54) is 6.42 Å². The van der Waals surface area contributed by atoms with Gasteiger partial charge in [0, 0.05) is 24.8 Å². The van der Waals surface area contributed by atoms with E-state index in [1.54, 1.807) is 0 Å². The minimum atomic E-state index is 0.0340. The molecule has 0 radical (unpaired) electrons. The molecule has 0 bridgehead atoms. The number of aromatic nitrogens is 2. The van der Waals surface area contributed by atoms with E-state index >= 15 is 0 Å². The standard InChI is InChI=1S/C14H24N4O/c1-10(2)8-18(9-12-5-4-6-15-12)14(19)13-7-11(3)16-17-13/h7,10,12,15H,4-6,8-9H2,1-3H3,(H,16,17). The summed E-state index contributed by atoms with van der Waals surface area (Å²) in [6.07, 6.45) is 2.36. The quantitative estimate of drug-likeness (QED) is 0.848. The van der Waals surface area contributed by atoms with E-state index in [0.717, 1.165) is 31.7 Å². The average molecular weight is 264 g/mol. The van der Waals surface area contributed by atoms with Crippen LogP contribution in [0.2, 0.25) is 0 Å². The maximum Gasteiger partial charge on any atom is 0.274 e. The Kier molecular flexibility index (Phi) is 4.58. The molecule has 0 aromatic carbocycles. The first-order valence-electron chi connectivity index (χ1n) is 7.11. The summed E-state index contributed by atoms with van der Waals surface area (Å²) in [6.45, 7) is 8.81. The van der Waals surface area contributed by atoms with Gasteiger partial charge in [-0.2, -0.15) is 5.10 Å². The predicted molar refractivity (Wildman–Crippen MR) is 75.1 cm³/mol. The SMILES string of the molecule is Cc1cc(C(=O)N(CC(C)C)CC2CCCN2)n[nH]1. The summed E-state index contributed by atoms with van der Waals surface area (Å²) in [4.78, 5) is 14.4. The van der Waals surface area contributed by atoms with Crippen molar-refractivity contribution in [2.75, 3.05) is 19.6 Å². The highest BCUT2D eigenvalue weighted by molar-refractivity contribution is 5.92. The van der Waals surface area contributed by atoms with E-state index in [1.807, 2.05) is 17.9 Å². The second-order valence-corrected chi connectivity index (χ2v) is 5.83. The van der Waals surface area contributed by atoms with Crippen molar-refractivity contribution in [1.29, 1.82) is 0 Å². The fourth-order valence-corrected chi connectivity index (χ4v) is 2.55. The molecule has 5 heteroatoms. The van der Waals surface area contributed by atoms with Crippen molar-refractivity contribution >= 4 is 5.91 Å². The van der Waals surface area contributed by atoms with E-state index in [4.69, 9.17) is 0 Å². The van der Waals surface area contributed by atoms with Crippen molar-refractivity contribution in [1.82, 2.24) is 20.4 Å². The first-order chi connectivity index (χ1) is 9.06. The predicted octanol–water partition coefficient (Wildman–Crippen LogP) is 1.57. The maximum absolute atomic E-state index is 12.5. The number of hydrogen-bond donors (Lipinski definition) is 2. The number of nitrogens with one attached hydrogen (secondary N) is 2. The van der Waals surface area contributed by atoms with Crippen LogP contribution in [-0.4, -0.2) is 46.7 Å². The van der Waals surface area contributed by atoms with Gasteiger partial charge in [-0.3, -0.25) is 9.89 Å². The molecule has 1 saturated heterocycles. The molecular weight excluding hydrogens is 240 g/mol. The van der Waals surface area contributed by atoms with Crippen LogP contribution in [0.1, 0.15) is 42.9 Å². The van der Waals surface area contributed by atoms with Crippen molar-refractivity contribution in [3.8, 4) is 0 Å². The third-order valence-corrected chi connectivity index (χ3v) is 3.40. The molecule has 1 unspecified atom stereocenters. The highest BCUT2D eigenvalue weighted by atomic mass is 16.2. The number of H-pyrrole nitrogens is 1. The lowest BCUT2D eigenvalue weighted by atomic mass is 10.1. The summed E-state index contributed by atoms with van der Waals surface area (Å²) in [6, 6.07) is 2.25. The second kappa shape index (κ2) is 6.19. The molecular formula is C14H24N4O. The molecule has 2 rings (SSSR count). The second-order valence-electron chi connectivity index (χ2n) is 5.83. The molecule has 1 aliphatic heterocycles. The van der Waals surface area contributed by atoms with Gasteiger partial charge in [0.25, 0.3) is 5.91 Å². The lowest BCUT2D eigenvalue weighted by molar-refractivity contribution is 0.0715. The summed E-state index contributed by atoms with van der Waals surface area (Å²) in [5.74, 6) is 0.497. The van der Waals surface area contributed by atoms with E-state index < -0.39 is 0 Å². The molecule has 19 heavy (non-hydrogen) atoms. The zero-order valence-electron chi connectivity index (χ0n) is 12.1. The Morgan fingerprint density at radius 1 is 1.58 bits per heavy atom. The molecule has 0 saturated carbocycles. The summed E-state index contributed by atoms with van der Waals surface area (Å²) in [5.41, 5.74) is 1.45. The number of hydrogen-bond acceptors (Lipinski definition) is 3. The minimum Gasteiger partial charge on any atom is -0.335 e. The van der Waals surface area contributed by atoms with Crippen molar-refractivity contribution in [3.63, 3.8) is 0 Å². The third kappa shape index (κ3) is 3.80. The number of amides is 1.